The summed E-state index contributed by atoms with van der Waals surface area (Å²) in [5, 5.41) is 13.8. The monoisotopic (exact) mass is 606 g/mol. The van der Waals surface area contributed by atoms with E-state index in [9.17, 15) is 24.3 Å². The number of ether oxygens (including phenoxy) is 4. The third kappa shape index (κ3) is 8.43. The van der Waals surface area contributed by atoms with Gasteiger partial charge in [0, 0.05) is 31.3 Å². The normalized spacial score (nSPS) is 32.0. The van der Waals surface area contributed by atoms with E-state index in [1.165, 1.54) is 27.4 Å². The maximum Gasteiger partial charge on any atom is 0.405 e. The number of carbonyl (C=O) groups is 4. The van der Waals surface area contributed by atoms with E-state index < -0.39 is 53.9 Å². The van der Waals surface area contributed by atoms with Crippen LogP contribution in [0, 0.1) is 11.8 Å². The predicted octanol–water partition coefficient (Wildman–Crippen LogP) is 3.10. The van der Waals surface area contributed by atoms with Crippen LogP contribution in [0.25, 0.3) is 0 Å². The molecule has 0 unspecified atom stereocenters. The van der Waals surface area contributed by atoms with Crippen LogP contribution < -0.4 is 11.1 Å². The SMILES string of the molecule is COC1=C2C[C@@H](C)C[C@H](OC)[C@H](O)[C@@H](C)/C=C(/C)[C@H](OC(N)=O)[C@@H](OC)/C=C\C=C(\C)C(=O)NC(=C(SC)C1=O)C2=O. The summed E-state index contributed by atoms with van der Waals surface area (Å²) in [7, 11) is 4.24. The second-order valence-electron chi connectivity index (χ2n) is 10.4. The average Bonchev–Trinajstić information content (AvgIpc) is 2.94. The molecule has 0 aromatic heterocycles. The lowest BCUT2D eigenvalue weighted by Crippen LogP contribution is -2.37. The molecule has 2 aliphatic rings. The Kier molecular flexibility index (Phi) is 13.2. The number of Topliss-reactive ketones (excluding diaryl/α,β-unsaturated/α-hetero) is 2. The van der Waals surface area contributed by atoms with Gasteiger partial charge in [-0.05, 0) is 44.4 Å². The highest BCUT2D eigenvalue weighted by molar-refractivity contribution is 8.03. The number of rotatable bonds is 5. The Morgan fingerprint density at radius 1 is 1.10 bits per heavy atom. The summed E-state index contributed by atoms with van der Waals surface area (Å²) in [5.74, 6) is -2.33. The smallest absolute Gasteiger partial charge is 0.405 e. The fourth-order valence-corrected chi connectivity index (χ4v) is 5.64. The quantitative estimate of drug-likeness (QED) is 0.313. The molecular weight excluding hydrogens is 564 g/mol. The molecule has 0 aromatic carbocycles. The Morgan fingerprint density at radius 3 is 2.31 bits per heavy atom. The molecule has 232 valence electrons. The van der Waals surface area contributed by atoms with E-state index in [0.717, 1.165) is 11.8 Å². The number of nitrogens with one attached hydrogen (secondary N) is 1. The van der Waals surface area contributed by atoms with E-state index in [2.05, 4.69) is 5.32 Å². The molecule has 1 aliphatic carbocycles. The highest BCUT2D eigenvalue weighted by Crippen LogP contribution is 2.34. The molecule has 12 heteroatoms. The Labute approximate surface area is 251 Å². The Balaban J connectivity index is 2.68. The molecule has 2 rings (SSSR count). The van der Waals surface area contributed by atoms with Crippen molar-refractivity contribution in [3.63, 3.8) is 0 Å². The molecule has 0 saturated heterocycles. The number of hydrogen-bond acceptors (Lipinski definition) is 10. The molecule has 0 saturated carbocycles. The van der Waals surface area contributed by atoms with Crippen molar-refractivity contribution in [2.45, 2.75) is 65.0 Å². The molecule has 4 N–H and O–H groups in total. The van der Waals surface area contributed by atoms with Crippen molar-refractivity contribution in [1.82, 2.24) is 5.32 Å². The molecule has 1 aliphatic heterocycles. The molecule has 1 heterocycles. The van der Waals surface area contributed by atoms with Crippen LogP contribution in [0.1, 0.15) is 40.5 Å². The number of hydrogen-bond donors (Lipinski definition) is 3. The number of ketones is 2. The Morgan fingerprint density at radius 2 is 1.76 bits per heavy atom. The summed E-state index contributed by atoms with van der Waals surface area (Å²) in [6, 6.07) is 0. The van der Waals surface area contributed by atoms with Gasteiger partial charge in [-0.25, -0.2) is 4.79 Å². The average molecular weight is 607 g/mol. The highest BCUT2D eigenvalue weighted by atomic mass is 32.2. The lowest BCUT2D eigenvalue weighted by Gasteiger charge is -2.30. The van der Waals surface area contributed by atoms with Gasteiger partial charge in [0.05, 0.1) is 24.2 Å². The van der Waals surface area contributed by atoms with Gasteiger partial charge >= 0.3 is 6.09 Å². The van der Waals surface area contributed by atoms with Crippen molar-refractivity contribution >= 4 is 35.3 Å². The number of methoxy groups -OCH3 is 3. The van der Waals surface area contributed by atoms with Crippen molar-refractivity contribution in [2.24, 2.45) is 17.6 Å². The zero-order valence-electron chi connectivity index (χ0n) is 25.4. The number of nitrogens with two attached hydrogens (primary N) is 1. The van der Waals surface area contributed by atoms with Crippen molar-refractivity contribution in [1.29, 1.82) is 0 Å². The summed E-state index contributed by atoms with van der Waals surface area (Å²) in [4.78, 5) is 51.9. The molecule has 42 heavy (non-hydrogen) atoms. The van der Waals surface area contributed by atoms with Gasteiger partial charge in [0.25, 0.3) is 5.91 Å². The maximum absolute atomic E-state index is 13.7. The summed E-state index contributed by atoms with van der Waals surface area (Å²) < 4.78 is 21.9. The molecule has 2 bridgehead atoms. The minimum atomic E-state index is -1.00. The zero-order chi connectivity index (χ0) is 31.7. The first kappa shape index (κ1) is 35.0. The summed E-state index contributed by atoms with van der Waals surface area (Å²) in [5.41, 5.74) is 6.20. The van der Waals surface area contributed by atoms with E-state index in [1.807, 2.05) is 6.92 Å². The Bertz CT molecular complexity index is 1220. The maximum atomic E-state index is 13.7. The zero-order valence-corrected chi connectivity index (χ0v) is 26.2. The van der Waals surface area contributed by atoms with Crippen molar-refractivity contribution in [3.05, 3.63) is 57.4 Å². The van der Waals surface area contributed by atoms with Gasteiger partial charge in [-0.2, -0.15) is 0 Å². The summed E-state index contributed by atoms with van der Waals surface area (Å²) in [6.07, 6.45) is 4.20. The fourth-order valence-electron chi connectivity index (χ4n) is 5.02. The number of thioether (sulfide) groups is 1. The third-order valence-corrected chi connectivity index (χ3v) is 8.06. The topological polar surface area (TPSA) is 163 Å². The molecule has 6 atom stereocenters. The van der Waals surface area contributed by atoms with E-state index in [0.29, 0.717) is 12.0 Å². The molecule has 2 amide bonds. The lowest BCUT2D eigenvalue weighted by atomic mass is 9.85. The molecule has 0 aromatic rings. The lowest BCUT2D eigenvalue weighted by molar-refractivity contribution is -0.121. The predicted molar refractivity (Wildman–Crippen MR) is 159 cm³/mol. The van der Waals surface area contributed by atoms with Crippen molar-refractivity contribution in [2.75, 3.05) is 27.6 Å². The number of aliphatic hydroxyl groups excluding tert-OH is 1. The molecule has 0 spiro atoms. The number of amides is 2. The molecule has 0 radical (unpaired) electrons. The first-order valence-electron chi connectivity index (χ1n) is 13.5. The van der Waals surface area contributed by atoms with Gasteiger partial charge in [-0.3, -0.25) is 14.4 Å². The summed E-state index contributed by atoms with van der Waals surface area (Å²) in [6.45, 7) is 6.95. The van der Waals surface area contributed by atoms with E-state index >= 15 is 0 Å². The van der Waals surface area contributed by atoms with Crippen molar-refractivity contribution in [3.8, 4) is 0 Å². The first-order chi connectivity index (χ1) is 19.8. The molecular formula is C30H42N2O9S. The number of carbonyl (C=O) groups excluding carboxylic acids is 4. The second kappa shape index (κ2) is 15.9. The number of fused-ring (bicyclic) bond motifs is 2. The van der Waals surface area contributed by atoms with Crippen LogP contribution in [-0.2, 0) is 33.3 Å². The van der Waals surface area contributed by atoms with Crippen LogP contribution in [0.4, 0.5) is 4.79 Å². The Hall–Kier alpha value is -3.19. The van der Waals surface area contributed by atoms with Crippen LogP contribution >= 0.6 is 11.8 Å². The minimum absolute atomic E-state index is 0.0668. The molecule has 11 nitrogen and oxygen atoms in total. The van der Waals surface area contributed by atoms with E-state index in [-0.39, 0.29) is 39.8 Å². The fraction of sp³-hybridized carbons (Fsp3) is 0.533. The minimum Gasteiger partial charge on any atom is -0.492 e. The highest BCUT2D eigenvalue weighted by Gasteiger charge is 2.38. The van der Waals surface area contributed by atoms with Gasteiger partial charge < -0.3 is 35.1 Å². The standard InChI is InChI=1S/C30H42N2O9S/c1-15-12-19-24(34)22(28(42-8)25(35)27(19)40-7)32-29(36)16(2)10-9-11-20(38-5)26(41-30(31)37)18(4)14-17(3)23(33)21(13-15)39-6/h9-11,14-15,17,20-21,23,26,33H,12-13H2,1-8H3,(H2,31,37)(H,32,36)/b11-9-,16-10-,18-14-/t15-,17+,20+,21+,23-,26+/m1/s1. The van der Waals surface area contributed by atoms with Gasteiger partial charge in [-0.1, -0.05) is 38.2 Å². The molecule has 0 fully saturated rings. The van der Waals surface area contributed by atoms with Crippen LogP contribution in [0.5, 0.6) is 0 Å². The number of aliphatic hydroxyl groups is 1. The van der Waals surface area contributed by atoms with Crippen LogP contribution in [0.3, 0.4) is 0 Å². The van der Waals surface area contributed by atoms with Gasteiger partial charge in [0.2, 0.25) is 11.6 Å². The number of primary amides is 1. The van der Waals surface area contributed by atoms with E-state index in [1.54, 1.807) is 45.3 Å². The third-order valence-electron chi connectivity index (χ3n) is 7.26. The van der Waals surface area contributed by atoms with Crippen LogP contribution in [0.2, 0.25) is 0 Å². The first-order valence-corrected chi connectivity index (χ1v) is 14.7. The summed E-state index contributed by atoms with van der Waals surface area (Å²) >= 11 is 1.04. The second-order valence-corrected chi connectivity index (χ2v) is 11.2. The largest absolute Gasteiger partial charge is 0.492 e. The van der Waals surface area contributed by atoms with Crippen molar-refractivity contribution < 1.29 is 43.2 Å². The van der Waals surface area contributed by atoms with Crippen LogP contribution in [-0.4, -0.2) is 80.7 Å². The number of allylic oxidation sites excluding steroid dienone is 4. The van der Waals surface area contributed by atoms with Gasteiger partial charge in [-0.15, -0.1) is 11.8 Å². The van der Waals surface area contributed by atoms with Gasteiger partial charge in [0.1, 0.15) is 11.8 Å². The van der Waals surface area contributed by atoms with Gasteiger partial charge in [0.15, 0.2) is 11.9 Å². The van der Waals surface area contributed by atoms with E-state index in [4.69, 9.17) is 24.7 Å². The van der Waals surface area contributed by atoms with Crippen LogP contribution in [0.15, 0.2) is 57.4 Å².